The largest absolute Gasteiger partial charge is 0.247 e. The van der Waals surface area contributed by atoms with Crippen molar-refractivity contribution in [2.24, 2.45) is 0 Å². The molecule has 0 unspecified atom stereocenters. The predicted molar refractivity (Wildman–Crippen MR) is 80.7 cm³/mol. The number of rotatable bonds is 3. The first-order valence-electron chi connectivity index (χ1n) is 6.51. The van der Waals surface area contributed by atoms with Crippen molar-refractivity contribution in [1.82, 2.24) is 15.4 Å². The highest BCUT2D eigenvalue weighted by atomic mass is 35.5. The lowest BCUT2D eigenvalue weighted by atomic mass is 10.0. The molecule has 0 radical (unpaired) electrons. The quantitative estimate of drug-likeness (QED) is 0.801. The molecule has 1 heterocycles. The number of halogens is 2. The van der Waals surface area contributed by atoms with Gasteiger partial charge in [0.05, 0.1) is 0 Å². The molecule has 0 aliphatic rings. The highest BCUT2D eigenvalue weighted by Gasteiger charge is 2.11. The monoisotopic (exact) mass is 312 g/mol. The van der Waals surface area contributed by atoms with Gasteiger partial charge in [0.15, 0.2) is 5.69 Å². The number of aromatic amines is 1. The number of benzene rings is 2. The average molecular weight is 313 g/mol. The minimum atomic E-state index is -0.267. The summed E-state index contributed by atoms with van der Waals surface area (Å²) in [7, 11) is 0. The summed E-state index contributed by atoms with van der Waals surface area (Å²) in [4.78, 5) is 0. The molecule has 3 rings (SSSR count). The number of nitrogens with zero attached hydrogens (tertiary/aromatic N) is 3. The number of aromatic nitrogens is 3. The number of hydrogen-bond acceptors (Lipinski definition) is 3. The number of nitrogens with one attached hydrogen (secondary N) is 1. The Bertz CT molecular complexity index is 849. The first-order valence-corrected chi connectivity index (χ1v) is 6.89. The fraction of sp³-hybridized carbons (Fsp3) is 0.0625. The van der Waals surface area contributed by atoms with E-state index in [1.165, 1.54) is 12.1 Å². The summed E-state index contributed by atoms with van der Waals surface area (Å²) in [6, 6.07) is 13.8. The van der Waals surface area contributed by atoms with Gasteiger partial charge in [-0.3, -0.25) is 0 Å². The van der Waals surface area contributed by atoms with Gasteiger partial charge in [-0.15, -0.1) is 5.10 Å². The Labute approximate surface area is 131 Å². The van der Waals surface area contributed by atoms with Crippen LogP contribution in [0.3, 0.4) is 0 Å². The fourth-order valence-electron chi connectivity index (χ4n) is 2.24. The molecule has 1 aromatic heterocycles. The van der Waals surface area contributed by atoms with Crippen LogP contribution in [0.25, 0.3) is 11.3 Å². The summed E-state index contributed by atoms with van der Waals surface area (Å²) < 4.78 is 13.0. The van der Waals surface area contributed by atoms with Gasteiger partial charge in [-0.2, -0.15) is 5.26 Å². The Hall–Kier alpha value is -2.71. The van der Waals surface area contributed by atoms with Crippen molar-refractivity contribution in [3.8, 4) is 17.3 Å². The van der Waals surface area contributed by atoms with Crippen LogP contribution in [0.2, 0.25) is 5.02 Å². The summed E-state index contributed by atoms with van der Waals surface area (Å²) in [5.74, 6) is -0.267. The first kappa shape index (κ1) is 14.2. The molecule has 4 nitrogen and oxygen atoms in total. The van der Waals surface area contributed by atoms with Crippen molar-refractivity contribution in [3.05, 3.63) is 70.1 Å². The van der Waals surface area contributed by atoms with E-state index in [4.69, 9.17) is 16.9 Å². The smallest absolute Gasteiger partial charge is 0.163 e. The summed E-state index contributed by atoms with van der Waals surface area (Å²) >= 11 is 6.15. The van der Waals surface area contributed by atoms with Gasteiger partial charge in [0, 0.05) is 10.6 Å². The van der Waals surface area contributed by atoms with Gasteiger partial charge in [-0.25, -0.2) is 9.49 Å². The van der Waals surface area contributed by atoms with E-state index in [-0.39, 0.29) is 11.5 Å². The molecule has 6 heteroatoms. The lowest BCUT2D eigenvalue weighted by molar-refractivity contribution is 0.627. The van der Waals surface area contributed by atoms with Crippen LogP contribution in [-0.4, -0.2) is 15.4 Å². The summed E-state index contributed by atoms with van der Waals surface area (Å²) in [5, 5.41) is 19.7. The van der Waals surface area contributed by atoms with Crippen molar-refractivity contribution in [1.29, 1.82) is 5.26 Å². The lowest BCUT2D eigenvalue weighted by Gasteiger charge is -2.06. The molecule has 0 atom stereocenters. The molecule has 0 aliphatic carbocycles. The molecular formula is C16H10ClFN4. The third kappa shape index (κ3) is 2.97. The van der Waals surface area contributed by atoms with Gasteiger partial charge in [0.1, 0.15) is 17.6 Å². The molecule has 3 aromatic rings. The van der Waals surface area contributed by atoms with E-state index in [0.717, 1.165) is 16.7 Å². The zero-order valence-electron chi connectivity index (χ0n) is 11.3. The molecule has 108 valence electrons. The lowest BCUT2D eigenvalue weighted by Crippen LogP contribution is -1.91. The second-order valence-corrected chi connectivity index (χ2v) is 5.24. The van der Waals surface area contributed by atoms with Crippen LogP contribution in [0.4, 0.5) is 4.39 Å². The maximum atomic E-state index is 13.0. The topological polar surface area (TPSA) is 65.4 Å². The molecule has 0 amide bonds. The van der Waals surface area contributed by atoms with Gasteiger partial charge >= 0.3 is 0 Å². The van der Waals surface area contributed by atoms with Crippen LogP contribution < -0.4 is 0 Å². The maximum Gasteiger partial charge on any atom is 0.163 e. The van der Waals surface area contributed by atoms with E-state index >= 15 is 0 Å². The summed E-state index contributed by atoms with van der Waals surface area (Å²) in [5.41, 5.74) is 3.38. The van der Waals surface area contributed by atoms with E-state index in [1.54, 1.807) is 18.2 Å². The summed E-state index contributed by atoms with van der Waals surface area (Å²) in [6.45, 7) is 0. The van der Waals surface area contributed by atoms with Crippen molar-refractivity contribution in [3.63, 3.8) is 0 Å². The van der Waals surface area contributed by atoms with E-state index in [0.29, 0.717) is 17.1 Å². The minimum absolute atomic E-state index is 0.267. The molecule has 0 bridgehead atoms. The average Bonchev–Trinajstić information content (AvgIpc) is 2.97. The van der Waals surface area contributed by atoms with E-state index in [1.807, 2.05) is 18.2 Å². The first-order chi connectivity index (χ1) is 10.7. The Morgan fingerprint density at radius 1 is 1.14 bits per heavy atom. The molecule has 2 aromatic carbocycles. The number of H-pyrrole nitrogens is 1. The van der Waals surface area contributed by atoms with Crippen LogP contribution in [0.5, 0.6) is 0 Å². The standard InChI is InChI=1S/C16H10ClFN4/c17-13-7-11(5-10-1-3-14(18)4-2-10)6-12(8-13)16-15(9-19)20-22-21-16/h1-4,6-8H,5H2,(H,20,21,22). The minimum Gasteiger partial charge on any atom is -0.247 e. The zero-order chi connectivity index (χ0) is 15.5. The Balaban J connectivity index is 1.97. The van der Waals surface area contributed by atoms with E-state index in [2.05, 4.69) is 15.4 Å². The van der Waals surface area contributed by atoms with E-state index in [9.17, 15) is 4.39 Å². The van der Waals surface area contributed by atoms with Gasteiger partial charge in [0.2, 0.25) is 0 Å². The van der Waals surface area contributed by atoms with Gasteiger partial charge < -0.3 is 0 Å². The Morgan fingerprint density at radius 2 is 1.91 bits per heavy atom. The van der Waals surface area contributed by atoms with Crippen LogP contribution in [0.15, 0.2) is 42.5 Å². The number of nitriles is 1. The molecule has 0 saturated heterocycles. The molecule has 0 saturated carbocycles. The van der Waals surface area contributed by atoms with Gasteiger partial charge in [0.25, 0.3) is 0 Å². The molecule has 0 spiro atoms. The SMILES string of the molecule is N#Cc1[nH]nnc1-c1cc(Cl)cc(Cc2ccc(F)cc2)c1. The van der Waals surface area contributed by atoms with Gasteiger partial charge in [-0.05, 0) is 47.9 Å². The Morgan fingerprint density at radius 3 is 2.64 bits per heavy atom. The Kier molecular flexibility index (Phi) is 3.86. The van der Waals surface area contributed by atoms with Crippen molar-refractivity contribution < 1.29 is 4.39 Å². The van der Waals surface area contributed by atoms with Gasteiger partial charge in [-0.1, -0.05) is 28.9 Å². The highest BCUT2D eigenvalue weighted by Crippen LogP contribution is 2.26. The fourth-order valence-corrected chi connectivity index (χ4v) is 2.49. The van der Waals surface area contributed by atoms with Crippen LogP contribution in [0.1, 0.15) is 16.8 Å². The van der Waals surface area contributed by atoms with Crippen LogP contribution >= 0.6 is 11.6 Å². The molecular weight excluding hydrogens is 303 g/mol. The third-order valence-electron chi connectivity index (χ3n) is 3.21. The predicted octanol–water partition coefficient (Wildman–Crippen LogP) is 3.73. The van der Waals surface area contributed by atoms with E-state index < -0.39 is 0 Å². The zero-order valence-corrected chi connectivity index (χ0v) is 12.1. The second-order valence-electron chi connectivity index (χ2n) is 4.80. The normalized spacial score (nSPS) is 10.4. The third-order valence-corrected chi connectivity index (χ3v) is 3.43. The maximum absolute atomic E-state index is 13.0. The molecule has 0 aliphatic heterocycles. The van der Waals surface area contributed by atoms with Crippen LogP contribution in [0, 0.1) is 17.1 Å². The number of hydrogen-bond donors (Lipinski definition) is 1. The van der Waals surface area contributed by atoms with Crippen molar-refractivity contribution in [2.75, 3.05) is 0 Å². The second kappa shape index (κ2) is 5.96. The molecule has 0 fully saturated rings. The van der Waals surface area contributed by atoms with Crippen molar-refractivity contribution in [2.45, 2.75) is 6.42 Å². The molecule has 1 N–H and O–H groups in total. The molecule has 22 heavy (non-hydrogen) atoms. The van der Waals surface area contributed by atoms with Crippen molar-refractivity contribution >= 4 is 11.6 Å². The highest BCUT2D eigenvalue weighted by molar-refractivity contribution is 6.31. The van der Waals surface area contributed by atoms with Crippen LogP contribution in [-0.2, 0) is 6.42 Å². The summed E-state index contributed by atoms with van der Waals surface area (Å²) in [6.07, 6.45) is 0.605.